The van der Waals surface area contributed by atoms with Gasteiger partial charge in [0.1, 0.15) is 11.6 Å². The third kappa shape index (κ3) is 6.63. The molecule has 0 unspecified atom stereocenters. The Morgan fingerprint density at radius 3 is 2.39 bits per heavy atom. The zero-order valence-electron chi connectivity index (χ0n) is 25.0. The number of piperazine rings is 1. The van der Waals surface area contributed by atoms with Gasteiger partial charge in [-0.25, -0.2) is 28.4 Å². The molecule has 3 aliphatic carbocycles. The second kappa shape index (κ2) is 12.1. The van der Waals surface area contributed by atoms with Crippen LogP contribution in [0.25, 0.3) is 11.4 Å². The Kier molecular flexibility index (Phi) is 8.08. The molecule has 4 aliphatic rings. The van der Waals surface area contributed by atoms with Crippen LogP contribution in [-0.2, 0) is 10.0 Å². The largest absolute Gasteiger partial charge is 0.382 e. The summed E-state index contributed by atoms with van der Waals surface area (Å²) in [5.41, 5.74) is 5.70. The fourth-order valence-corrected chi connectivity index (χ4v) is 7.44. The monoisotopic (exact) mass is 620 g/mol. The predicted molar refractivity (Wildman–Crippen MR) is 167 cm³/mol. The van der Waals surface area contributed by atoms with Crippen molar-refractivity contribution in [2.75, 3.05) is 43.9 Å². The van der Waals surface area contributed by atoms with Gasteiger partial charge in [-0.05, 0) is 64.5 Å². The van der Waals surface area contributed by atoms with E-state index in [9.17, 15) is 13.2 Å². The first-order chi connectivity index (χ1) is 21.3. The third-order valence-electron chi connectivity index (χ3n) is 9.01. The number of rotatable bonds is 11. The minimum atomic E-state index is -3.47. The lowest BCUT2D eigenvalue weighted by Gasteiger charge is -2.38. The SMILES string of the molecule is CN1CCN(NC2CCC(Nc3cc(Nc4ccnc(-c5cnn(S(=O)(=O)C6CC6)c5)n4)ncc3C(=O)C3CC3)CC2)CC1. The van der Waals surface area contributed by atoms with Gasteiger partial charge in [0.2, 0.25) is 0 Å². The van der Waals surface area contributed by atoms with Crippen LogP contribution in [0.3, 0.4) is 0 Å². The Morgan fingerprint density at radius 2 is 1.66 bits per heavy atom. The maximum absolute atomic E-state index is 13.2. The van der Waals surface area contributed by atoms with Crippen molar-refractivity contribution in [2.24, 2.45) is 5.92 Å². The normalized spacial score (nSPS) is 23.4. The molecule has 234 valence electrons. The van der Waals surface area contributed by atoms with Crippen LogP contribution in [0, 0.1) is 5.92 Å². The molecule has 14 heteroatoms. The van der Waals surface area contributed by atoms with Crippen LogP contribution in [0.2, 0.25) is 0 Å². The number of nitrogens with zero attached hydrogens (tertiary/aromatic N) is 7. The highest BCUT2D eigenvalue weighted by atomic mass is 32.2. The summed E-state index contributed by atoms with van der Waals surface area (Å²) >= 11 is 0. The molecule has 3 aromatic rings. The number of likely N-dealkylation sites (N-methyl/N-ethyl adjacent to an activating group) is 1. The minimum Gasteiger partial charge on any atom is -0.382 e. The van der Waals surface area contributed by atoms with E-state index in [1.165, 1.54) is 12.4 Å². The van der Waals surface area contributed by atoms with Gasteiger partial charge in [-0.2, -0.15) is 9.19 Å². The first kappa shape index (κ1) is 29.3. The molecule has 0 atom stereocenters. The molecule has 0 amide bonds. The molecule has 7 rings (SSSR count). The van der Waals surface area contributed by atoms with Gasteiger partial charge >= 0.3 is 0 Å². The molecule has 1 aliphatic heterocycles. The zero-order valence-corrected chi connectivity index (χ0v) is 25.8. The molecule has 4 fully saturated rings. The first-order valence-corrected chi connectivity index (χ1v) is 17.2. The second-order valence-corrected chi connectivity index (χ2v) is 14.7. The predicted octanol–water partition coefficient (Wildman–Crippen LogP) is 2.89. The van der Waals surface area contributed by atoms with Gasteiger partial charge in [0, 0.05) is 62.6 Å². The number of carbonyl (C=O) groups excluding carboxylic acids is 1. The summed E-state index contributed by atoms with van der Waals surface area (Å²) in [6, 6.07) is 4.37. The average Bonchev–Trinajstić information content (AvgIpc) is 3.97. The van der Waals surface area contributed by atoms with Crippen LogP contribution >= 0.6 is 0 Å². The molecule has 3 N–H and O–H groups in total. The molecule has 1 saturated heterocycles. The van der Waals surface area contributed by atoms with E-state index in [0.29, 0.717) is 47.5 Å². The van der Waals surface area contributed by atoms with Crippen LogP contribution in [0.5, 0.6) is 0 Å². The number of pyridine rings is 1. The molecule has 0 spiro atoms. The number of Topliss-reactive ketones (excluding diaryl/α,β-unsaturated/α-hetero) is 1. The summed E-state index contributed by atoms with van der Waals surface area (Å²) < 4.78 is 26.1. The summed E-state index contributed by atoms with van der Waals surface area (Å²) in [7, 11) is -1.30. The third-order valence-corrected chi connectivity index (χ3v) is 11.0. The van der Waals surface area contributed by atoms with Crippen LogP contribution in [0.15, 0.2) is 36.9 Å². The second-order valence-electron chi connectivity index (χ2n) is 12.6. The van der Waals surface area contributed by atoms with Crippen molar-refractivity contribution in [2.45, 2.75) is 68.7 Å². The van der Waals surface area contributed by atoms with E-state index in [1.807, 2.05) is 6.07 Å². The van der Waals surface area contributed by atoms with E-state index in [4.69, 9.17) is 0 Å². The summed E-state index contributed by atoms with van der Waals surface area (Å²) in [5.74, 6) is 1.66. The summed E-state index contributed by atoms with van der Waals surface area (Å²) in [6.07, 6.45) is 13.6. The number of carbonyl (C=O) groups is 1. The van der Waals surface area contributed by atoms with E-state index in [2.05, 4.69) is 53.1 Å². The molecule has 3 saturated carbocycles. The minimum absolute atomic E-state index is 0.0914. The van der Waals surface area contributed by atoms with Crippen LogP contribution in [0.1, 0.15) is 61.7 Å². The molecule has 0 bridgehead atoms. The molecule has 0 aromatic carbocycles. The van der Waals surface area contributed by atoms with Crippen molar-refractivity contribution < 1.29 is 13.2 Å². The van der Waals surface area contributed by atoms with Gasteiger partial charge in [-0.15, -0.1) is 0 Å². The Hall–Kier alpha value is -3.46. The van der Waals surface area contributed by atoms with E-state index in [1.54, 1.807) is 18.5 Å². The lowest BCUT2D eigenvalue weighted by Crippen LogP contribution is -2.54. The maximum Gasteiger partial charge on any atom is 0.256 e. The molecule has 13 nitrogen and oxygen atoms in total. The number of nitrogens with one attached hydrogen (secondary N) is 3. The van der Waals surface area contributed by atoms with Crippen molar-refractivity contribution in [1.29, 1.82) is 0 Å². The highest BCUT2D eigenvalue weighted by molar-refractivity contribution is 7.90. The number of ketones is 1. The molecule has 3 aromatic heterocycles. The fraction of sp³-hybridized carbons (Fsp3) is 0.567. The highest BCUT2D eigenvalue weighted by Gasteiger charge is 2.38. The number of anilines is 3. The Bertz CT molecular complexity index is 1600. The summed E-state index contributed by atoms with van der Waals surface area (Å²) in [4.78, 5) is 29.0. The van der Waals surface area contributed by atoms with Crippen LogP contribution < -0.4 is 16.1 Å². The van der Waals surface area contributed by atoms with Crippen LogP contribution in [-0.4, -0.2) is 98.8 Å². The molecule has 0 radical (unpaired) electrons. The lowest BCUT2D eigenvalue weighted by atomic mass is 9.91. The number of hydrazine groups is 1. The van der Waals surface area contributed by atoms with Gasteiger partial charge in [-0.1, -0.05) is 0 Å². The Balaban J connectivity index is 1.03. The zero-order chi connectivity index (χ0) is 30.3. The quantitative estimate of drug-likeness (QED) is 0.271. The summed E-state index contributed by atoms with van der Waals surface area (Å²) in [6.45, 7) is 4.28. The van der Waals surface area contributed by atoms with E-state index < -0.39 is 10.0 Å². The Labute approximate surface area is 257 Å². The molecular weight excluding hydrogens is 580 g/mol. The molecule has 44 heavy (non-hydrogen) atoms. The van der Waals surface area contributed by atoms with Gasteiger partial charge in [0.15, 0.2) is 11.6 Å². The van der Waals surface area contributed by atoms with Crippen LogP contribution in [0.4, 0.5) is 17.3 Å². The van der Waals surface area contributed by atoms with Gasteiger partial charge in [0.05, 0.1) is 34.5 Å². The van der Waals surface area contributed by atoms with Crippen molar-refractivity contribution in [3.8, 4) is 11.4 Å². The molecule has 4 heterocycles. The topological polar surface area (TPSA) is 150 Å². The number of aromatic nitrogens is 5. The van der Waals surface area contributed by atoms with Crippen molar-refractivity contribution in [1.82, 2.24) is 39.5 Å². The van der Waals surface area contributed by atoms with Gasteiger partial charge < -0.3 is 15.5 Å². The van der Waals surface area contributed by atoms with Gasteiger partial charge in [-0.3, -0.25) is 10.2 Å². The van der Waals surface area contributed by atoms with E-state index in [-0.39, 0.29) is 23.0 Å². The molecular formula is C30H40N10O3S. The maximum atomic E-state index is 13.2. The highest BCUT2D eigenvalue weighted by Crippen LogP contribution is 2.36. The first-order valence-electron chi connectivity index (χ1n) is 15.7. The smallest absolute Gasteiger partial charge is 0.256 e. The lowest BCUT2D eigenvalue weighted by molar-refractivity contribution is 0.0773. The Morgan fingerprint density at radius 1 is 0.909 bits per heavy atom. The van der Waals surface area contributed by atoms with Crippen molar-refractivity contribution >= 4 is 33.1 Å². The van der Waals surface area contributed by atoms with Crippen molar-refractivity contribution in [3.63, 3.8) is 0 Å². The number of hydrogen-bond donors (Lipinski definition) is 3. The van der Waals surface area contributed by atoms with Crippen molar-refractivity contribution in [3.05, 3.63) is 42.5 Å². The fourth-order valence-electron chi connectivity index (χ4n) is 5.96. The number of hydrogen-bond acceptors (Lipinski definition) is 12. The standard InChI is InChI=1S/C30H40N10O3S/c1-38-12-14-39(15-13-38)37-23-6-4-22(5-7-23)34-26-16-28(32-18-25(26)29(41)20-2-3-20)35-27-10-11-31-30(36-27)21-17-33-40(19-21)44(42,43)24-8-9-24/h10-11,16-20,22-24,37H,2-9,12-15H2,1H3,(H2,31,32,34,35,36). The van der Waals surface area contributed by atoms with E-state index in [0.717, 1.165) is 74.5 Å². The average molecular weight is 621 g/mol. The van der Waals surface area contributed by atoms with E-state index >= 15 is 0 Å². The van der Waals surface area contributed by atoms with Gasteiger partial charge in [0.25, 0.3) is 10.0 Å². The summed E-state index contributed by atoms with van der Waals surface area (Å²) in [5, 5.41) is 13.0.